The van der Waals surface area contributed by atoms with Gasteiger partial charge in [-0.05, 0) is 35.1 Å². The molecule has 0 aromatic heterocycles. The van der Waals surface area contributed by atoms with Gasteiger partial charge in [0.2, 0.25) is 5.91 Å². The van der Waals surface area contributed by atoms with Gasteiger partial charge >= 0.3 is 12.1 Å². The Balaban J connectivity index is 1.43. The number of aliphatic carboxylic acids is 1. The van der Waals surface area contributed by atoms with E-state index in [4.69, 9.17) is 9.47 Å². The Labute approximate surface area is 198 Å². The summed E-state index contributed by atoms with van der Waals surface area (Å²) < 4.78 is 10.9. The van der Waals surface area contributed by atoms with Gasteiger partial charge in [-0.25, -0.2) is 4.79 Å². The highest BCUT2D eigenvalue weighted by Gasteiger charge is 2.42. The summed E-state index contributed by atoms with van der Waals surface area (Å²) >= 11 is 0. The molecule has 1 saturated heterocycles. The third kappa shape index (κ3) is 4.37. The van der Waals surface area contributed by atoms with Gasteiger partial charge in [-0.15, -0.1) is 0 Å². The highest BCUT2D eigenvalue weighted by molar-refractivity contribution is 5.90. The molecule has 8 nitrogen and oxygen atoms in total. The van der Waals surface area contributed by atoms with E-state index in [0.717, 1.165) is 22.3 Å². The van der Waals surface area contributed by atoms with Gasteiger partial charge in [0.25, 0.3) is 0 Å². The lowest BCUT2D eigenvalue weighted by atomic mass is 9.90. The van der Waals surface area contributed by atoms with Gasteiger partial charge in [-0.1, -0.05) is 62.4 Å². The Morgan fingerprint density at radius 2 is 1.59 bits per heavy atom. The van der Waals surface area contributed by atoms with E-state index < -0.39 is 35.5 Å². The average molecular weight is 467 g/mol. The first kappa shape index (κ1) is 23.8. The van der Waals surface area contributed by atoms with Crippen LogP contribution in [0.3, 0.4) is 0 Å². The molecule has 34 heavy (non-hydrogen) atoms. The van der Waals surface area contributed by atoms with Crippen LogP contribution in [0.1, 0.15) is 43.7 Å². The molecule has 0 saturated carbocycles. The second-order valence-electron chi connectivity index (χ2n) is 8.80. The third-order valence-electron chi connectivity index (χ3n) is 7.04. The van der Waals surface area contributed by atoms with E-state index in [0.29, 0.717) is 12.8 Å². The molecule has 4 rings (SSSR count). The molecule has 2 amide bonds. The highest BCUT2D eigenvalue weighted by Crippen LogP contribution is 2.44. The van der Waals surface area contributed by atoms with Crippen molar-refractivity contribution in [1.82, 2.24) is 10.6 Å². The molecule has 2 aliphatic rings. The Bertz CT molecular complexity index is 1030. The number of carboxylic acid groups (broad SMARTS) is 1. The van der Waals surface area contributed by atoms with Crippen molar-refractivity contribution >= 4 is 18.0 Å². The van der Waals surface area contributed by atoms with Crippen LogP contribution in [0.15, 0.2) is 48.5 Å². The second kappa shape index (κ2) is 9.85. The van der Waals surface area contributed by atoms with Crippen LogP contribution < -0.4 is 10.6 Å². The third-order valence-corrected chi connectivity index (χ3v) is 7.04. The first-order valence-corrected chi connectivity index (χ1v) is 11.6. The number of fused-ring (bicyclic) bond motifs is 3. The summed E-state index contributed by atoms with van der Waals surface area (Å²) in [6, 6.07) is 15.5. The number of ether oxygens (including phenoxy) is 2. The van der Waals surface area contributed by atoms with Crippen molar-refractivity contribution in [3.05, 3.63) is 59.7 Å². The van der Waals surface area contributed by atoms with Gasteiger partial charge in [0.15, 0.2) is 0 Å². The minimum absolute atomic E-state index is 0.0470. The Kier molecular flexibility index (Phi) is 6.88. The lowest BCUT2D eigenvalue weighted by Crippen LogP contribution is -2.61. The monoisotopic (exact) mass is 466 g/mol. The molecule has 2 aromatic carbocycles. The van der Waals surface area contributed by atoms with Crippen molar-refractivity contribution < 1.29 is 29.0 Å². The van der Waals surface area contributed by atoms with Gasteiger partial charge in [-0.3, -0.25) is 9.59 Å². The molecular formula is C26H30N2O6. The lowest BCUT2D eigenvalue weighted by molar-refractivity contribution is -0.142. The molecule has 3 N–H and O–H groups in total. The molecule has 1 heterocycles. The molecule has 2 aromatic rings. The van der Waals surface area contributed by atoms with Gasteiger partial charge in [0.1, 0.15) is 18.1 Å². The number of nitrogens with one attached hydrogen (secondary N) is 2. The molecule has 2 atom stereocenters. The molecule has 1 fully saturated rings. The van der Waals surface area contributed by atoms with Crippen LogP contribution in [0.5, 0.6) is 0 Å². The zero-order valence-electron chi connectivity index (χ0n) is 19.4. The van der Waals surface area contributed by atoms with E-state index in [9.17, 15) is 19.5 Å². The number of carbonyl (C=O) groups is 3. The first-order chi connectivity index (χ1) is 16.4. The zero-order chi connectivity index (χ0) is 24.3. The average Bonchev–Trinajstić information content (AvgIpc) is 3.44. The summed E-state index contributed by atoms with van der Waals surface area (Å²) in [6.07, 6.45) is -0.0338. The Hall–Kier alpha value is -3.39. The topological polar surface area (TPSA) is 114 Å². The largest absolute Gasteiger partial charge is 0.481 e. The van der Waals surface area contributed by atoms with Crippen molar-refractivity contribution in [3.8, 4) is 11.1 Å². The van der Waals surface area contributed by atoms with Crippen LogP contribution in [0, 0.1) is 5.92 Å². The summed E-state index contributed by atoms with van der Waals surface area (Å²) in [5, 5.41) is 14.9. The van der Waals surface area contributed by atoms with Crippen LogP contribution in [-0.4, -0.2) is 54.5 Å². The van der Waals surface area contributed by atoms with Crippen LogP contribution in [0.2, 0.25) is 0 Å². The maximum Gasteiger partial charge on any atom is 0.408 e. The molecular weight excluding hydrogens is 436 g/mol. The van der Waals surface area contributed by atoms with Gasteiger partial charge in [-0.2, -0.15) is 0 Å². The highest BCUT2D eigenvalue weighted by atomic mass is 16.5. The van der Waals surface area contributed by atoms with Gasteiger partial charge < -0.3 is 25.2 Å². The predicted octanol–water partition coefficient (Wildman–Crippen LogP) is 3.30. The van der Waals surface area contributed by atoms with Crippen LogP contribution in [0.25, 0.3) is 11.1 Å². The van der Waals surface area contributed by atoms with Crippen molar-refractivity contribution in [1.29, 1.82) is 0 Å². The maximum atomic E-state index is 13.1. The van der Waals surface area contributed by atoms with E-state index in [1.54, 1.807) is 13.8 Å². The number of hydrogen-bond acceptors (Lipinski definition) is 5. The van der Waals surface area contributed by atoms with Crippen molar-refractivity contribution in [2.45, 2.75) is 44.2 Å². The van der Waals surface area contributed by atoms with Crippen LogP contribution in [0.4, 0.5) is 4.79 Å². The normalized spacial score (nSPS) is 19.2. The SMILES string of the molecule is CCC(CC)(NC(=O)OCC1c2ccccc2-c2ccccc21)C(=O)NC1COCC1C(=O)O. The van der Waals surface area contributed by atoms with Gasteiger partial charge in [0.05, 0.1) is 19.3 Å². The number of carbonyl (C=O) groups excluding carboxylic acids is 2. The van der Waals surface area contributed by atoms with Crippen molar-refractivity contribution in [2.75, 3.05) is 19.8 Å². The summed E-state index contributed by atoms with van der Waals surface area (Å²) in [5.74, 6) is -2.36. The van der Waals surface area contributed by atoms with E-state index in [-0.39, 0.29) is 25.7 Å². The number of carboxylic acids is 1. The fourth-order valence-corrected chi connectivity index (χ4v) is 4.88. The van der Waals surface area contributed by atoms with Crippen molar-refractivity contribution in [3.63, 3.8) is 0 Å². The molecule has 180 valence electrons. The smallest absolute Gasteiger partial charge is 0.408 e. The number of benzene rings is 2. The molecule has 2 unspecified atom stereocenters. The standard InChI is InChI=1S/C26H30N2O6/c1-3-26(4-2,24(31)27-22-15-33-13-21(22)23(29)30)28-25(32)34-14-20-18-11-7-5-9-16(18)17-10-6-8-12-19(17)20/h5-12,20-22H,3-4,13-15H2,1-2H3,(H,27,31)(H,28,32)(H,29,30). The Morgan fingerprint density at radius 1 is 1.00 bits per heavy atom. The summed E-state index contributed by atoms with van der Waals surface area (Å²) in [6.45, 7) is 3.91. The number of hydrogen-bond donors (Lipinski definition) is 3. The summed E-state index contributed by atoms with van der Waals surface area (Å²) in [7, 11) is 0. The maximum absolute atomic E-state index is 13.1. The Morgan fingerprint density at radius 3 is 2.15 bits per heavy atom. The molecule has 0 bridgehead atoms. The van der Waals surface area contributed by atoms with Gasteiger partial charge in [0, 0.05) is 5.92 Å². The fourth-order valence-electron chi connectivity index (χ4n) is 4.88. The first-order valence-electron chi connectivity index (χ1n) is 11.6. The zero-order valence-corrected chi connectivity index (χ0v) is 19.4. The summed E-state index contributed by atoms with van der Waals surface area (Å²) in [5.41, 5.74) is 3.26. The minimum atomic E-state index is -1.21. The van der Waals surface area contributed by atoms with E-state index >= 15 is 0 Å². The molecule has 0 spiro atoms. The number of amides is 2. The quantitative estimate of drug-likeness (QED) is 0.550. The lowest BCUT2D eigenvalue weighted by Gasteiger charge is -2.32. The molecule has 0 radical (unpaired) electrons. The number of alkyl carbamates (subject to hydrolysis) is 1. The second-order valence-corrected chi connectivity index (χ2v) is 8.80. The van der Waals surface area contributed by atoms with E-state index in [2.05, 4.69) is 22.8 Å². The number of rotatable bonds is 8. The predicted molar refractivity (Wildman–Crippen MR) is 125 cm³/mol. The minimum Gasteiger partial charge on any atom is -0.481 e. The fraction of sp³-hybridized carbons (Fsp3) is 0.423. The molecule has 1 aliphatic heterocycles. The van der Waals surface area contributed by atoms with E-state index in [1.807, 2.05) is 36.4 Å². The molecule has 1 aliphatic carbocycles. The van der Waals surface area contributed by atoms with E-state index in [1.165, 1.54) is 0 Å². The summed E-state index contributed by atoms with van der Waals surface area (Å²) in [4.78, 5) is 37.4. The van der Waals surface area contributed by atoms with Crippen LogP contribution >= 0.6 is 0 Å². The molecule has 8 heteroatoms. The van der Waals surface area contributed by atoms with Crippen molar-refractivity contribution in [2.24, 2.45) is 5.92 Å². The van der Waals surface area contributed by atoms with Crippen LogP contribution in [-0.2, 0) is 19.1 Å².